The van der Waals surface area contributed by atoms with Crippen LogP contribution in [0.4, 0.5) is 11.6 Å². The average Bonchev–Trinajstić information content (AvgIpc) is 3.38. The lowest BCUT2D eigenvalue weighted by molar-refractivity contribution is 0.104. The number of benzene rings is 2. The fourth-order valence-electron chi connectivity index (χ4n) is 4.67. The van der Waals surface area contributed by atoms with Crippen LogP contribution in [-0.2, 0) is 10.0 Å². The first-order valence-corrected chi connectivity index (χ1v) is 15.9. The van der Waals surface area contributed by atoms with Gasteiger partial charge in [0.05, 0.1) is 21.3 Å². The number of likely N-dealkylation sites (tertiary alicyclic amines) is 1. The molecule has 2 aromatic heterocycles. The molecule has 1 saturated heterocycles. The summed E-state index contributed by atoms with van der Waals surface area (Å²) < 4.78 is 35.3. The van der Waals surface area contributed by atoms with Gasteiger partial charge >= 0.3 is 0 Å². The molecule has 0 saturated carbocycles. The zero-order chi connectivity index (χ0) is 27.2. The first-order chi connectivity index (χ1) is 18.9. The summed E-state index contributed by atoms with van der Waals surface area (Å²) in [6.07, 6.45) is 5.88. The highest BCUT2D eigenvalue weighted by Crippen LogP contribution is 2.34. The van der Waals surface area contributed by atoms with E-state index >= 15 is 0 Å². The molecule has 2 aromatic carbocycles. The van der Waals surface area contributed by atoms with Crippen molar-refractivity contribution in [3.05, 3.63) is 60.1 Å². The van der Waals surface area contributed by atoms with Crippen LogP contribution in [0.5, 0.6) is 5.75 Å². The van der Waals surface area contributed by atoms with Gasteiger partial charge in [-0.05, 0) is 67.8 Å². The maximum Gasteiger partial charge on any atom is 0.240 e. The third-order valence-electron chi connectivity index (χ3n) is 6.99. The van der Waals surface area contributed by atoms with Crippen molar-refractivity contribution in [3.63, 3.8) is 0 Å². The van der Waals surface area contributed by atoms with Crippen LogP contribution < -0.4 is 14.8 Å². The summed E-state index contributed by atoms with van der Waals surface area (Å²) in [5.74, 6) is 1.35. The van der Waals surface area contributed by atoms with E-state index in [9.17, 15) is 8.42 Å². The van der Waals surface area contributed by atoms with E-state index in [0.29, 0.717) is 12.5 Å². The molecular formula is C29H35N5O3S2. The van der Waals surface area contributed by atoms with E-state index in [1.54, 1.807) is 24.4 Å². The summed E-state index contributed by atoms with van der Waals surface area (Å²) in [5, 5.41) is 5.28. The summed E-state index contributed by atoms with van der Waals surface area (Å²) in [5.41, 5.74) is 3.33. The highest BCUT2D eigenvalue weighted by molar-refractivity contribution is 7.89. The van der Waals surface area contributed by atoms with Crippen molar-refractivity contribution in [3.8, 4) is 16.9 Å². The maximum atomic E-state index is 12.8. The Labute approximate surface area is 234 Å². The smallest absolute Gasteiger partial charge is 0.240 e. The molecule has 1 fully saturated rings. The molecule has 1 aliphatic heterocycles. The van der Waals surface area contributed by atoms with E-state index in [2.05, 4.69) is 26.8 Å². The Balaban J connectivity index is 1.29. The average molecular weight is 566 g/mol. The highest BCUT2D eigenvalue weighted by atomic mass is 32.2. The summed E-state index contributed by atoms with van der Waals surface area (Å²) >= 11 is 1.54. The van der Waals surface area contributed by atoms with Crippen molar-refractivity contribution in [1.29, 1.82) is 0 Å². The van der Waals surface area contributed by atoms with Crippen LogP contribution >= 0.6 is 11.3 Å². The third kappa shape index (κ3) is 6.75. The van der Waals surface area contributed by atoms with Gasteiger partial charge in [0.1, 0.15) is 11.9 Å². The van der Waals surface area contributed by atoms with E-state index in [-0.39, 0.29) is 11.0 Å². The van der Waals surface area contributed by atoms with Gasteiger partial charge in [-0.15, -0.1) is 11.3 Å². The van der Waals surface area contributed by atoms with Gasteiger partial charge in [-0.3, -0.25) is 0 Å². The molecule has 1 aliphatic rings. The molecule has 10 heteroatoms. The third-order valence-corrected chi connectivity index (χ3v) is 9.35. The number of fused-ring (bicyclic) bond motifs is 1. The number of nitrogens with one attached hydrogen (secondary N) is 2. The molecule has 39 heavy (non-hydrogen) atoms. The van der Waals surface area contributed by atoms with Gasteiger partial charge in [-0.2, -0.15) is 0 Å². The molecule has 0 bridgehead atoms. The van der Waals surface area contributed by atoms with Crippen molar-refractivity contribution in [2.24, 2.45) is 0 Å². The molecule has 0 amide bonds. The minimum atomic E-state index is -3.57. The van der Waals surface area contributed by atoms with Crippen LogP contribution in [0.3, 0.4) is 0 Å². The quantitative estimate of drug-likeness (QED) is 0.214. The second kappa shape index (κ2) is 12.4. The van der Waals surface area contributed by atoms with E-state index in [1.165, 1.54) is 11.3 Å². The van der Waals surface area contributed by atoms with Crippen molar-refractivity contribution in [2.75, 3.05) is 31.5 Å². The second-order valence-electron chi connectivity index (χ2n) is 9.74. The van der Waals surface area contributed by atoms with Gasteiger partial charge in [-0.1, -0.05) is 32.4 Å². The lowest BCUT2D eigenvalue weighted by Crippen LogP contribution is -2.37. The fourth-order valence-corrected chi connectivity index (χ4v) is 6.67. The lowest BCUT2D eigenvalue weighted by Gasteiger charge is -2.31. The molecule has 206 valence electrons. The van der Waals surface area contributed by atoms with E-state index in [1.807, 2.05) is 42.6 Å². The standard InChI is InChI=1S/C29H35N5O3S2/c1-3-5-15-31-39(35,36)25-8-6-7-21(18-25)26-20-38-27-19-30-29(33-28(26)27)32-22-9-11-23(12-10-22)37-24-13-16-34(4-2)17-14-24/h6-12,18-20,24,31H,3-5,13-17H2,1-2H3,(H,30,32,33). The van der Waals surface area contributed by atoms with E-state index < -0.39 is 10.0 Å². The Morgan fingerprint density at radius 3 is 2.64 bits per heavy atom. The van der Waals surface area contributed by atoms with Crippen LogP contribution in [0.25, 0.3) is 21.3 Å². The Morgan fingerprint density at radius 1 is 1.10 bits per heavy atom. The summed E-state index contributed by atoms with van der Waals surface area (Å²) in [7, 11) is -3.57. The molecule has 0 unspecified atom stereocenters. The SMILES string of the molecule is CCCCNS(=O)(=O)c1cccc(-c2csc3cnc(Nc4ccc(OC5CCN(CC)CC5)cc4)nc23)c1. The van der Waals surface area contributed by atoms with Crippen molar-refractivity contribution >= 4 is 43.2 Å². The van der Waals surface area contributed by atoms with Gasteiger partial charge in [0, 0.05) is 36.3 Å². The van der Waals surface area contributed by atoms with Crippen LogP contribution in [0, 0.1) is 0 Å². The van der Waals surface area contributed by atoms with Crippen molar-refractivity contribution in [2.45, 2.75) is 50.5 Å². The number of unbranched alkanes of at least 4 members (excludes halogenated alkanes) is 1. The number of hydrogen-bond acceptors (Lipinski definition) is 8. The zero-order valence-corrected chi connectivity index (χ0v) is 24.0. The van der Waals surface area contributed by atoms with Crippen LogP contribution in [-0.4, -0.2) is 55.6 Å². The van der Waals surface area contributed by atoms with Gasteiger partial charge in [-0.25, -0.2) is 23.1 Å². The summed E-state index contributed by atoms with van der Waals surface area (Å²) in [6, 6.07) is 14.9. The predicted octanol–water partition coefficient (Wildman–Crippen LogP) is 6.04. The number of piperidine rings is 1. The largest absolute Gasteiger partial charge is 0.490 e. The molecule has 0 spiro atoms. The Kier molecular flexibility index (Phi) is 8.76. The second-order valence-corrected chi connectivity index (χ2v) is 12.4. The molecule has 0 radical (unpaired) electrons. The zero-order valence-electron chi connectivity index (χ0n) is 22.4. The van der Waals surface area contributed by atoms with Gasteiger partial charge in [0.25, 0.3) is 0 Å². The molecule has 8 nitrogen and oxygen atoms in total. The maximum absolute atomic E-state index is 12.8. The molecule has 0 atom stereocenters. The Morgan fingerprint density at radius 2 is 1.90 bits per heavy atom. The van der Waals surface area contributed by atoms with Gasteiger partial charge in [0.2, 0.25) is 16.0 Å². The molecule has 5 rings (SSSR count). The van der Waals surface area contributed by atoms with Crippen LogP contribution in [0.1, 0.15) is 39.5 Å². The highest BCUT2D eigenvalue weighted by Gasteiger charge is 2.19. The van der Waals surface area contributed by atoms with Gasteiger partial charge in [0.15, 0.2) is 0 Å². The number of hydrogen-bond donors (Lipinski definition) is 2. The normalized spacial score (nSPS) is 15.0. The first kappa shape index (κ1) is 27.5. The number of nitrogens with zero attached hydrogens (tertiary/aromatic N) is 3. The molecular weight excluding hydrogens is 530 g/mol. The number of rotatable bonds is 11. The first-order valence-electron chi connectivity index (χ1n) is 13.6. The lowest BCUT2D eigenvalue weighted by atomic mass is 10.1. The molecule has 4 aromatic rings. The van der Waals surface area contributed by atoms with Crippen LogP contribution in [0.15, 0.2) is 65.0 Å². The molecule has 0 aliphatic carbocycles. The molecule has 2 N–H and O–H groups in total. The van der Waals surface area contributed by atoms with Crippen LogP contribution in [0.2, 0.25) is 0 Å². The van der Waals surface area contributed by atoms with E-state index in [0.717, 1.165) is 78.1 Å². The minimum absolute atomic E-state index is 0.251. The topological polar surface area (TPSA) is 96.5 Å². The van der Waals surface area contributed by atoms with Gasteiger partial charge < -0.3 is 15.0 Å². The van der Waals surface area contributed by atoms with Crippen molar-refractivity contribution in [1.82, 2.24) is 19.6 Å². The monoisotopic (exact) mass is 565 g/mol. The summed E-state index contributed by atoms with van der Waals surface area (Å²) in [6.45, 7) is 7.92. The Bertz CT molecular complexity index is 1500. The number of aromatic nitrogens is 2. The van der Waals surface area contributed by atoms with Crippen molar-refractivity contribution < 1.29 is 13.2 Å². The Hall–Kier alpha value is -3.05. The number of sulfonamides is 1. The fraction of sp³-hybridized carbons (Fsp3) is 0.379. The minimum Gasteiger partial charge on any atom is -0.490 e. The van der Waals surface area contributed by atoms with E-state index in [4.69, 9.17) is 9.72 Å². The summed E-state index contributed by atoms with van der Waals surface area (Å²) in [4.78, 5) is 12.0. The number of anilines is 2. The number of ether oxygens (including phenoxy) is 1. The molecule has 3 heterocycles. The number of thiophene rings is 1. The predicted molar refractivity (Wildman–Crippen MR) is 158 cm³/mol.